The molecule has 2 aromatic carbocycles. The molecule has 0 unspecified atom stereocenters. The average molecular weight is 571 g/mol. The Bertz CT molecular complexity index is 965. The predicted molar refractivity (Wildman–Crippen MR) is 124 cm³/mol. The molecule has 28 heavy (non-hydrogen) atoms. The molecular formula is C20H16BrIN2O3S. The Morgan fingerprint density at radius 1 is 1.07 bits per heavy atom. The molecule has 1 fully saturated rings. The van der Waals surface area contributed by atoms with Crippen molar-refractivity contribution in [1.82, 2.24) is 9.80 Å². The van der Waals surface area contributed by atoms with Gasteiger partial charge in [-0.05, 0) is 76.3 Å². The minimum Gasteiger partial charge on any atom is -0.488 e. The lowest BCUT2D eigenvalue weighted by Crippen LogP contribution is -2.52. The average Bonchev–Trinajstić information content (AvgIpc) is 2.69. The summed E-state index contributed by atoms with van der Waals surface area (Å²) in [6.45, 7) is 0.452. The third kappa shape index (κ3) is 4.44. The molecule has 0 radical (unpaired) electrons. The first kappa shape index (κ1) is 20.9. The van der Waals surface area contributed by atoms with Crippen molar-refractivity contribution < 1.29 is 14.3 Å². The van der Waals surface area contributed by atoms with E-state index < -0.39 is 11.8 Å². The van der Waals surface area contributed by atoms with Gasteiger partial charge in [0.05, 0.1) is 3.57 Å². The zero-order chi connectivity index (χ0) is 20.4. The van der Waals surface area contributed by atoms with Gasteiger partial charge in [0.2, 0.25) is 0 Å². The van der Waals surface area contributed by atoms with Crippen LogP contribution in [0, 0.1) is 3.57 Å². The SMILES string of the molecule is CN1C(=O)C(=Cc2ccc(OCc3ccc(Br)cc3)c(I)c2)C(=O)N(C)C1=S. The van der Waals surface area contributed by atoms with Gasteiger partial charge in [-0.15, -0.1) is 0 Å². The van der Waals surface area contributed by atoms with Crippen LogP contribution in [-0.2, 0) is 16.2 Å². The fraction of sp³-hybridized carbons (Fsp3) is 0.150. The van der Waals surface area contributed by atoms with Gasteiger partial charge < -0.3 is 4.74 Å². The summed E-state index contributed by atoms with van der Waals surface area (Å²) in [7, 11) is 3.12. The first-order valence-electron chi connectivity index (χ1n) is 8.26. The van der Waals surface area contributed by atoms with Crippen molar-refractivity contribution >= 4 is 73.7 Å². The minimum absolute atomic E-state index is 0.0814. The van der Waals surface area contributed by atoms with Gasteiger partial charge in [-0.1, -0.05) is 34.1 Å². The second kappa shape index (κ2) is 8.71. The van der Waals surface area contributed by atoms with E-state index in [9.17, 15) is 9.59 Å². The summed E-state index contributed by atoms with van der Waals surface area (Å²) in [6, 6.07) is 13.5. The summed E-state index contributed by atoms with van der Waals surface area (Å²) in [5.41, 5.74) is 1.88. The molecule has 1 saturated heterocycles. The van der Waals surface area contributed by atoms with Gasteiger partial charge in [0.15, 0.2) is 5.11 Å². The van der Waals surface area contributed by atoms with Crippen LogP contribution < -0.4 is 4.74 Å². The topological polar surface area (TPSA) is 49.9 Å². The molecule has 0 N–H and O–H groups in total. The van der Waals surface area contributed by atoms with Crippen molar-refractivity contribution in [2.75, 3.05) is 14.1 Å². The normalized spacial score (nSPS) is 14.6. The summed E-state index contributed by atoms with van der Waals surface area (Å²) >= 11 is 10.7. The highest BCUT2D eigenvalue weighted by molar-refractivity contribution is 14.1. The molecule has 0 aliphatic carbocycles. The number of halogens is 2. The van der Waals surface area contributed by atoms with Gasteiger partial charge in [-0.25, -0.2) is 0 Å². The van der Waals surface area contributed by atoms with Crippen molar-refractivity contribution in [3.05, 3.63) is 67.2 Å². The first-order chi connectivity index (χ1) is 13.3. The largest absolute Gasteiger partial charge is 0.488 e. The Labute approximate surface area is 190 Å². The van der Waals surface area contributed by atoms with E-state index in [1.165, 1.54) is 9.80 Å². The Kier molecular flexibility index (Phi) is 6.51. The van der Waals surface area contributed by atoms with E-state index in [0.29, 0.717) is 6.61 Å². The van der Waals surface area contributed by atoms with Crippen molar-refractivity contribution in [2.45, 2.75) is 6.61 Å². The molecule has 144 valence electrons. The molecule has 1 heterocycles. The van der Waals surface area contributed by atoms with Crippen LogP contribution in [0.25, 0.3) is 6.08 Å². The van der Waals surface area contributed by atoms with Gasteiger partial charge in [0.25, 0.3) is 11.8 Å². The Balaban J connectivity index is 1.79. The quantitative estimate of drug-likeness (QED) is 0.239. The molecule has 2 aromatic rings. The van der Waals surface area contributed by atoms with Gasteiger partial charge in [0, 0.05) is 18.6 Å². The summed E-state index contributed by atoms with van der Waals surface area (Å²) in [6.07, 6.45) is 1.58. The number of likely N-dealkylation sites (N-methyl/N-ethyl adjacent to an activating group) is 2. The maximum atomic E-state index is 12.4. The summed E-state index contributed by atoms with van der Waals surface area (Å²) in [4.78, 5) is 27.4. The van der Waals surface area contributed by atoms with Crippen LogP contribution in [-0.4, -0.2) is 40.8 Å². The summed E-state index contributed by atoms with van der Waals surface area (Å²) in [5.74, 6) is -0.0697. The second-order valence-corrected chi connectivity index (χ2v) is 8.62. The van der Waals surface area contributed by atoms with E-state index in [1.807, 2.05) is 42.5 Å². The number of rotatable bonds is 4. The fourth-order valence-corrected chi connectivity index (χ4v) is 3.73. The third-order valence-corrected chi connectivity index (χ3v) is 6.14. The number of ether oxygens (including phenoxy) is 1. The van der Waals surface area contributed by atoms with Gasteiger partial charge in [0.1, 0.15) is 17.9 Å². The molecule has 1 aliphatic heterocycles. The first-order valence-corrected chi connectivity index (χ1v) is 10.5. The maximum absolute atomic E-state index is 12.4. The minimum atomic E-state index is -0.404. The van der Waals surface area contributed by atoms with Crippen molar-refractivity contribution in [3.63, 3.8) is 0 Å². The molecule has 5 nitrogen and oxygen atoms in total. The smallest absolute Gasteiger partial charge is 0.265 e. The van der Waals surface area contributed by atoms with Crippen LogP contribution >= 0.6 is 50.7 Å². The zero-order valence-electron chi connectivity index (χ0n) is 15.1. The molecule has 0 bridgehead atoms. The van der Waals surface area contributed by atoms with Crippen LogP contribution in [0.5, 0.6) is 5.75 Å². The lowest BCUT2D eigenvalue weighted by Gasteiger charge is -2.31. The number of benzene rings is 2. The van der Waals surface area contributed by atoms with Crippen LogP contribution in [0.1, 0.15) is 11.1 Å². The molecule has 8 heteroatoms. The van der Waals surface area contributed by atoms with Gasteiger partial charge >= 0.3 is 0 Å². The Morgan fingerprint density at radius 3 is 2.25 bits per heavy atom. The monoisotopic (exact) mass is 570 g/mol. The number of thiocarbonyl (C=S) groups is 1. The van der Waals surface area contributed by atoms with E-state index >= 15 is 0 Å². The molecule has 0 spiro atoms. The highest BCUT2D eigenvalue weighted by Crippen LogP contribution is 2.26. The van der Waals surface area contributed by atoms with Crippen LogP contribution in [0.4, 0.5) is 0 Å². The summed E-state index contributed by atoms with van der Waals surface area (Å²) in [5, 5.41) is 0.193. The van der Waals surface area contributed by atoms with Gasteiger partial charge in [-0.3, -0.25) is 19.4 Å². The van der Waals surface area contributed by atoms with Gasteiger partial charge in [-0.2, -0.15) is 0 Å². The molecule has 3 rings (SSSR count). The van der Waals surface area contributed by atoms with E-state index in [4.69, 9.17) is 17.0 Å². The van der Waals surface area contributed by atoms with Crippen LogP contribution in [0.3, 0.4) is 0 Å². The van der Waals surface area contributed by atoms with E-state index in [-0.39, 0.29) is 10.7 Å². The molecular weight excluding hydrogens is 555 g/mol. The number of hydrogen-bond acceptors (Lipinski definition) is 4. The van der Waals surface area contributed by atoms with E-state index in [1.54, 1.807) is 20.2 Å². The van der Waals surface area contributed by atoms with Crippen molar-refractivity contribution in [2.24, 2.45) is 0 Å². The Morgan fingerprint density at radius 2 is 1.68 bits per heavy atom. The highest BCUT2D eigenvalue weighted by Gasteiger charge is 2.35. The predicted octanol–water partition coefficient (Wildman–Crippen LogP) is 4.23. The summed E-state index contributed by atoms with van der Waals surface area (Å²) < 4.78 is 7.79. The zero-order valence-corrected chi connectivity index (χ0v) is 19.7. The lowest BCUT2D eigenvalue weighted by molar-refractivity contribution is -0.132. The van der Waals surface area contributed by atoms with Crippen molar-refractivity contribution in [3.8, 4) is 5.75 Å². The molecule has 0 atom stereocenters. The number of hydrogen-bond donors (Lipinski definition) is 0. The van der Waals surface area contributed by atoms with Crippen LogP contribution in [0.15, 0.2) is 52.5 Å². The fourth-order valence-electron chi connectivity index (χ4n) is 2.61. The standard InChI is InChI=1S/C20H16BrIN2O3S/c1-23-18(25)15(19(26)24(2)20(23)28)9-13-5-8-17(16(22)10-13)27-11-12-3-6-14(21)7-4-12/h3-10H,11H2,1-2H3. The maximum Gasteiger partial charge on any atom is 0.265 e. The van der Waals surface area contributed by atoms with E-state index in [0.717, 1.165) is 24.9 Å². The molecule has 1 aliphatic rings. The molecule has 0 saturated carbocycles. The molecule has 0 aromatic heterocycles. The number of nitrogens with zero attached hydrogens (tertiary/aromatic N) is 2. The second-order valence-electron chi connectivity index (χ2n) is 6.17. The van der Waals surface area contributed by atoms with E-state index in [2.05, 4.69) is 38.5 Å². The molecule has 2 amide bonds. The third-order valence-electron chi connectivity index (χ3n) is 4.22. The lowest BCUT2D eigenvalue weighted by atomic mass is 10.1. The number of carbonyl (C=O) groups excluding carboxylic acids is 2. The number of carbonyl (C=O) groups is 2. The van der Waals surface area contributed by atoms with Crippen LogP contribution in [0.2, 0.25) is 0 Å². The number of amides is 2. The Hall–Kier alpha value is -1.78. The van der Waals surface area contributed by atoms with Crippen molar-refractivity contribution in [1.29, 1.82) is 0 Å². The highest BCUT2D eigenvalue weighted by atomic mass is 127.